The number of aryl methyl sites for hydroxylation is 1. The summed E-state index contributed by atoms with van der Waals surface area (Å²) in [6, 6.07) is 9.51. The summed E-state index contributed by atoms with van der Waals surface area (Å²) >= 11 is 0. The number of carbonyl (C=O) groups excluding carboxylic acids is 5. The number of hydrogen-bond donors (Lipinski definition) is 12. The van der Waals surface area contributed by atoms with Gasteiger partial charge in [0.05, 0.1) is 6.10 Å². The Balaban J connectivity index is 2.06. The topological polar surface area (TPSA) is 310 Å². The first-order valence-corrected chi connectivity index (χ1v) is 17.4. The molecular weight excluding hydrogens is 673 g/mol. The lowest BCUT2D eigenvalue weighted by Gasteiger charge is -2.26. The van der Waals surface area contributed by atoms with Crippen LogP contribution in [0.4, 0.5) is 0 Å². The predicted octanol–water partition coefficient (Wildman–Crippen LogP) is -2.56. The minimum Gasteiger partial charge on any atom is -0.425 e. The Morgan fingerprint density at radius 2 is 1.27 bits per heavy atom. The van der Waals surface area contributed by atoms with E-state index in [1.807, 2.05) is 12.1 Å². The summed E-state index contributed by atoms with van der Waals surface area (Å²) in [6.07, 6.45) is 1.03. The van der Waals surface area contributed by atoms with Crippen LogP contribution in [0.2, 0.25) is 0 Å². The van der Waals surface area contributed by atoms with E-state index in [0.717, 1.165) is 30.4 Å². The van der Waals surface area contributed by atoms with Crippen molar-refractivity contribution >= 4 is 36.7 Å². The van der Waals surface area contributed by atoms with Crippen molar-refractivity contribution in [1.29, 1.82) is 0 Å². The first-order valence-electron chi connectivity index (χ1n) is 17.4. The lowest BCUT2D eigenvalue weighted by Crippen LogP contribution is -2.63. The number of aliphatic hydroxyl groups is 1. The molecule has 2 aromatic carbocycles. The summed E-state index contributed by atoms with van der Waals surface area (Å²) in [5, 5.41) is 40.4. The van der Waals surface area contributed by atoms with Gasteiger partial charge in [-0.1, -0.05) is 49.7 Å². The van der Waals surface area contributed by atoms with Gasteiger partial charge < -0.3 is 64.7 Å². The highest BCUT2D eigenvalue weighted by Gasteiger charge is 2.33. The average molecular weight is 728 g/mol. The largest absolute Gasteiger partial charge is 0.490 e. The van der Waals surface area contributed by atoms with Crippen LogP contribution in [0.15, 0.2) is 48.5 Å². The van der Waals surface area contributed by atoms with E-state index >= 15 is 0 Å². The SMILES string of the molecule is CCCCc1ccc(-c2ccc(C(=O)N[C@@H](CCN)C(=O)N[C@H](C(=O)N[C@@H](N)C(=O)N[C@@H](CCCCN)C(=O)N[C@@H](N)B(O)O)[C@@H](C)O)cc2)cc1. The molecule has 0 heterocycles. The van der Waals surface area contributed by atoms with Crippen molar-refractivity contribution in [3.8, 4) is 11.1 Å². The fourth-order valence-corrected chi connectivity index (χ4v) is 5.07. The number of nitrogens with one attached hydrogen (secondary N) is 5. The van der Waals surface area contributed by atoms with Crippen molar-refractivity contribution in [2.75, 3.05) is 13.1 Å². The molecule has 17 nitrogen and oxygen atoms in total. The average Bonchev–Trinajstić information content (AvgIpc) is 3.12. The smallest absolute Gasteiger partial charge is 0.425 e. The highest BCUT2D eigenvalue weighted by molar-refractivity contribution is 6.43. The zero-order valence-electron chi connectivity index (χ0n) is 29.7. The van der Waals surface area contributed by atoms with Crippen molar-refractivity contribution in [3.05, 3.63) is 59.7 Å². The standard InChI is InChI=1S/C34H54BN9O8/c1-3-4-7-21-9-11-22(12-10-21)23-13-15-24(16-14-23)29(46)40-26(17-19-37)30(47)42-27(20(2)45)32(49)43-28(38)33(50)41-25(8-5-6-18-36)31(48)44-34(39)35(51)52/h9-16,20,25-28,34,45,51-52H,3-8,17-19,36-39H2,1-2H3,(H,40,46)(H,41,50)(H,42,47)(H,43,49)(H,44,48)/t20-,25+,26+,27+,28-,34-/m1/s1. The van der Waals surface area contributed by atoms with Crippen LogP contribution >= 0.6 is 0 Å². The van der Waals surface area contributed by atoms with Crippen LogP contribution in [-0.4, -0.2) is 101 Å². The van der Waals surface area contributed by atoms with Gasteiger partial charge in [0, 0.05) is 5.56 Å². The number of carbonyl (C=O) groups is 5. The van der Waals surface area contributed by atoms with Gasteiger partial charge in [0.2, 0.25) is 17.7 Å². The van der Waals surface area contributed by atoms with Crippen molar-refractivity contribution in [2.45, 2.75) is 95.3 Å². The molecule has 0 aliphatic carbocycles. The van der Waals surface area contributed by atoms with Crippen molar-refractivity contribution < 1.29 is 39.1 Å². The number of nitrogens with two attached hydrogens (primary N) is 4. The molecule has 18 heteroatoms. The molecule has 0 aliphatic heterocycles. The van der Waals surface area contributed by atoms with Gasteiger partial charge in [0.1, 0.15) is 24.2 Å². The van der Waals surface area contributed by atoms with Crippen molar-refractivity contribution in [1.82, 2.24) is 26.6 Å². The van der Waals surface area contributed by atoms with Crippen LogP contribution < -0.4 is 49.5 Å². The molecule has 0 saturated carbocycles. The molecule has 0 spiro atoms. The number of rotatable bonds is 22. The van der Waals surface area contributed by atoms with E-state index in [1.54, 1.807) is 24.3 Å². The molecule has 0 aliphatic rings. The van der Waals surface area contributed by atoms with E-state index in [0.29, 0.717) is 19.4 Å². The molecule has 16 N–H and O–H groups in total. The summed E-state index contributed by atoms with van der Waals surface area (Å²) in [5.74, 6) is -4.26. The lowest BCUT2D eigenvalue weighted by atomic mass is 9.86. The maximum absolute atomic E-state index is 13.3. The van der Waals surface area contributed by atoms with Crippen molar-refractivity contribution in [2.24, 2.45) is 22.9 Å². The Labute approximate surface area is 304 Å². The fourth-order valence-electron chi connectivity index (χ4n) is 5.07. The second kappa shape index (κ2) is 22.5. The van der Waals surface area contributed by atoms with Crippen LogP contribution in [0.5, 0.6) is 0 Å². The van der Waals surface area contributed by atoms with E-state index in [1.165, 1.54) is 12.5 Å². The molecule has 0 fully saturated rings. The maximum Gasteiger partial charge on any atom is 0.490 e. The first-order chi connectivity index (χ1) is 24.7. The molecule has 2 rings (SSSR count). The predicted molar refractivity (Wildman–Crippen MR) is 196 cm³/mol. The molecular formula is C34H54BN9O8. The number of aliphatic hydroxyl groups excluding tert-OH is 1. The minimum atomic E-state index is -2.06. The molecule has 6 atom stereocenters. The number of benzene rings is 2. The van der Waals surface area contributed by atoms with E-state index in [4.69, 9.17) is 22.9 Å². The summed E-state index contributed by atoms with van der Waals surface area (Å²) in [6.45, 7) is 3.69. The Kier molecular flexibility index (Phi) is 18.9. The number of hydrogen-bond acceptors (Lipinski definition) is 12. The monoisotopic (exact) mass is 727 g/mol. The van der Waals surface area contributed by atoms with Crippen LogP contribution in [-0.2, 0) is 25.6 Å². The van der Waals surface area contributed by atoms with Gasteiger partial charge in [-0.15, -0.1) is 0 Å². The van der Waals surface area contributed by atoms with Crippen LogP contribution in [0, 0.1) is 0 Å². The highest BCUT2D eigenvalue weighted by Crippen LogP contribution is 2.21. The van der Waals surface area contributed by atoms with Gasteiger partial charge in [0.15, 0.2) is 6.17 Å². The van der Waals surface area contributed by atoms with Crippen LogP contribution in [0.1, 0.15) is 68.3 Å². The number of unbranched alkanes of at least 4 members (excludes halogenated alkanes) is 2. The van der Waals surface area contributed by atoms with Gasteiger partial charge in [0.25, 0.3) is 11.8 Å². The lowest BCUT2D eigenvalue weighted by molar-refractivity contribution is -0.135. The molecule has 286 valence electrons. The summed E-state index contributed by atoms with van der Waals surface area (Å²) in [4.78, 5) is 65.0. The quantitative estimate of drug-likeness (QED) is 0.0339. The Morgan fingerprint density at radius 3 is 1.81 bits per heavy atom. The minimum absolute atomic E-state index is 0.000675. The van der Waals surface area contributed by atoms with Crippen LogP contribution in [0.3, 0.4) is 0 Å². The van der Waals surface area contributed by atoms with Crippen LogP contribution in [0.25, 0.3) is 11.1 Å². The highest BCUT2D eigenvalue weighted by atomic mass is 16.4. The first kappa shape index (κ1) is 43.7. The zero-order chi connectivity index (χ0) is 38.8. The fraction of sp³-hybridized carbons (Fsp3) is 0.500. The number of amides is 5. The molecule has 2 aromatic rings. The third-order valence-corrected chi connectivity index (χ3v) is 8.18. The molecule has 0 radical (unpaired) electrons. The Hall–Kier alpha value is -4.43. The summed E-state index contributed by atoms with van der Waals surface area (Å²) < 4.78 is 0. The zero-order valence-corrected chi connectivity index (χ0v) is 29.7. The molecule has 0 aromatic heterocycles. The van der Waals surface area contributed by atoms with E-state index in [-0.39, 0.29) is 24.9 Å². The van der Waals surface area contributed by atoms with Gasteiger partial charge in [-0.2, -0.15) is 0 Å². The third kappa shape index (κ3) is 14.3. The molecule has 52 heavy (non-hydrogen) atoms. The Bertz CT molecular complexity index is 1450. The summed E-state index contributed by atoms with van der Waals surface area (Å²) in [7, 11) is -2.06. The van der Waals surface area contributed by atoms with Gasteiger partial charge >= 0.3 is 7.12 Å². The normalized spacial score (nSPS) is 14.5. The molecule has 0 saturated heterocycles. The van der Waals surface area contributed by atoms with Gasteiger partial charge in [-0.3, -0.25) is 24.0 Å². The molecule has 0 bridgehead atoms. The Morgan fingerprint density at radius 1 is 0.692 bits per heavy atom. The second-order valence-corrected chi connectivity index (χ2v) is 12.5. The molecule has 5 amide bonds. The summed E-state index contributed by atoms with van der Waals surface area (Å²) in [5.41, 5.74) is 26.0. The van der Waals surface area contributed by atoms with E-state index in [2.05, 4.69) is 45.6 Å². The third-order valence-electron chi connectivity index (χ3n) is 8.18. The second-order valence-electron chi connectivity index (χ2n) is 12.5. The van der Waals surface area contributed by atoms with E-state index < -0.39 is 73.1 Å². The molecule has 0 unspecified atom stereocenters. The van der Waals surface area contributed by atoms with Gasteiger partial charge in [-0.25, -0.2) is 0 Å². The van der Waals surface area contributed by atoms with Crippen molar-refractivity contribution in [3.63, 3.8) is 0 Å². The maximum atomic E-state index is 13.3. The van der Waals surface area contributed by atoms with Gasteiger partial charge in [-0.05, 0) is 87.4 Å². The van der Waals surface area contributed by atoms with E-state index in [9.17, 15) is 39.1 Å².